The number of ether oxygens (including phenoxy) is 1. The minimum atomic E-state index is 0.144. The molecule has 1 aliphatic heterocycles. The van der Waals surface area contributed by atoms with Crippen molar-refractivity contribution in [3.05, 3.63) is 66.5 Å². The standard InChI is InChI=1S/C22H24N2O2/c1-17-20-10-5-13-23(20)14-15-24(17)22(25)12-6-16-26-21-11-4-8-18-7-2-3-9-19(18)21/h2-5,7-11,13,17H,6,12,14-16H2,1H3. The summed E-state index contributed by atoms with van der Waals surface area (Å²) in [5.74, 6) is 1.10. The van der Waals surface area contributed by atoms with Gasteiger partial charge in [-0.2, -0.15) is 0 Å². The molecule has 2 aromatic carbocycles. The number of hydrogen-bond donors (Lipinski definition) is 0. The molecule has 0 saturated carbocycles. The van der Waals surface area contributed by atoms with E-state index in [1.54, 1.807) is 0 Å². The number of benzene rings is 2. The Morgan fingerprint density at radius 3 is 2.85 bits per heavy atom. The van der Waals surface area contributed by atoms with Gasteiger partial charge in [0.15, 0.2) is 0 Å². The van der Waals surface area contributed by atoms with Crippen molar-refractivity contribution in [2.75, 3.05) is 13.2 Å². The van der Waals surface area contributed by atoms with Gasteiger partial charge in [-0.25, -0.2) is 0 Å². The van der Waals surface area contributed by atoms with Gasteiger partial charge in [0.1, 0.15) is 5.75 Å². The molecule has 0 N–H and O–H groups in total. The van der Waals surface area contributed by atoms with Gasteiger partial charge in [0.25, 0.3) is 0 Å². The van der Waals surface area contributed by atoms with Gasteiger partial charge in [-0.1, -0.05) is 36.4 Å². The normalized spacial score (nSPS) is 16.5. The highest BCUT2D eigenvalue weighted by molar-refractivity contribution is 5.88. The van der Waals surface area contributed by atoms with Crippen LogP contribution in [0.1, 0.15) is 31.5 Å². The van der Waals surface area contributed by atoms with Crippen LogP contribution < -0.4 is 4.74 Å². The molecule has 0 saturated heterocycles. The van der Waals surface area contributed by atoms with Crippen LogP contribution in [-0.4, -0.2) is 28.5 Å². The molecule has 0 bridgehead atoms. The first kappa shape index (κ1) is 16.7. The monoisotopic (exact) mass is 348 g/mol. The van der Waals surface area contributed by atoms with Crippen LogP contribution >= 0.6 is 0 Å². The van der Waals surface area contributed by atoms with E-state index in [2.05, 4.69) is 48.0 Å². The highest BCUT2D eigenvalue weighted by atomic mass is 16.5. The van der Waals surface area contributed by atoms with Crippen molar-refractivity contribution in [2.45, 2.75) is 32.4 Å². The van der Waals surface area contributed by atoms with Crippen molar-refractivity contribution in [1.82, 2.24) is 9.47 Å². The van der Waals surface area contributed by atoms with Gasteiger partial charge >= 0.3 is 0 Å². The van der Waals surface area contributed by atoms with E-state index >= 15 is 0 Å². The molecule has 3 aromatic rings. The second-order valence-corrected chi connectivity index (χ2v) is 6.82. The van der Waals surface area contributed by atoms with Crippen LogP contribution in [0.2, 0.25) is 0 Å². The minimum absolute atomic E-state index is 0.144. The number of fused-ring (bicyclic) bond motifs is 2. The van der Waals surface area contributed by atoms with Crippen LogP contribution in [0.3, 0.4) is 0 Å². The van der Waals surface area contributed by atoms with Crippen LogP contribution in [0.15, 0.2) is 60.8 Å². The first-order valence-corrected chi connectivity index (χ1v) is 9.29. The zero-order valence-electron chi connectivity index (χ0n) is 15.1. The average molecular weight is 348 g/mol. The third-order valence-corrected chi connectivity index (χ3v) is 5.20. The summed E-state index contributed by atoms with van der Waals surface area (Å²) >= 11 is 0. The molecule has 4 rings (SSSR count). The molecule has 0 aliphatic carbocycles. The predicted octanol–water partition coefficient (Wildman–Crippen LogP) is 4.40. The molecule has 1 aromatic heterocycles. The van der Waals surface area contributed by atoms with E-state index in [-0.39, 0.29) is 11.9 Å². The predicted molar refractivity (Wildman–Crippen MR) is 103 cm³/mol. The summed E-state index contributed by atoms with van der Waals surface area (Å²) in [4.78, 5) is 14.6. The summed E-state index contributed by atoms with van der Waals surface area (Å²) in [6.45, 7) is 4.32. The molecule has 4 nitrogen and oxygen atoms in total. The van der Waals surface area contributed by atoms with Crippen LogP contribution in [0.25, 0.3) is 10.8 Å². The molecule has 1 amide bonds. The van der Waals surface area contributed by atoms with Gasteiger partial charge in [0.2, 0.25) is 5.91 Å². The Bertz CT molecular complexity index is 910. The maximum atomic E-state index is 12.6. The Morgan fingerprint density at radius 1 is 1.08 bits per heavy atom. The summed E-state index contributed by atoms with van der Waals surface area (Å²) in [5.41, 5.74) is 1.22. The molecule has 0 spiro atoms. The van der Waals surface area contributed by atoms with Crippen molar-refractivity contribution >= 4 is 16.7 Å². The fraction of sp³-hybridized carbons (Fsp3) is 0.318. The van der Waals surface area contributed by atoms with E-state index in [0.717, 1.165) is 30.6 Å². The van der Waals surface area contributed by atoms with Crippen molar-refractivity contribution in [1.29, 1.82) is 0 Å². The second kappa shape index (κ2) is 7.24. The smallest absolute Gasteiger partial charge is 0.223 e. The van der Waals surface area contributed by atoms with Crippen molar-refractivity contribution in [3.8, 4) is 5.75 Å². The minimum Gasteiger partial charge on any atom is -0.493 e. The molecule has 1 aliphatic rings. The summed E-state index contributed by atoms with van der Waals surface area (Å²) < 4.78 is 8.19. The Balaban J connectivity index is 1.32. The molecule has 2 heterocycles. The quantitative estimate of drug-likeness (QED) is 0.640. The van der Waals surface area contributed by atoms with Gasteiger partial charge in [0.05, 0.1) is 12.6 Å². The molecule has 1 atom stereocenters. The summed E-state index contributed by atoms with van der Waals surface area (Å²) in [6, 6.07) is 18.6. The van der Waals surface area contributed by atoms with Crippen LogP contribution in [0.5, 0.6) is 5.75 Å². The van der Waals surface area contributed by atoms with Crippen LogP contribution in [0, 0.1) is 0 Å². The average Bonchev–Trinajstić information content (AvgIpc) is 3.15. The lowest BCUT2D eigenvalue weighted by atomic mass is 10.1. The van der Waals surface area contributed by atoms with E-state index in [1.165, 1.54) is 11.1 Å². The number of carbonyl (C=O) groups excluding carboxylic acids is 1. The molecule has 0 fully saturated rings. The fourth-order valence-electron chi connectivity index (χ4n) is 3.79. The SMILES string of the molecule is CC1c2cccn2CCN1C(=O)CCCOc1cccc2ccccc12. The van der Waals surface area contributed by atoms with E-state index in [4.69, 9.17) is 4.74 Å². The fourth-order valence-corrected chi connectivity index (χ4v) is 3.79. The molecule has 1 unspecified atom stereocenters. The molecule has 4 heteroatoms. The first-order valence-electron chi connectivity index (χ1n) is 9.29. The highest BCUT2D eigenvalue weighted by Crippen LogP contribution is 2.27. The van der Waals surface area contributed by atoms with E-state index < -0.39 is 0 Å². The van der Waals surface area contributed by atoms with Gasteiger partial charge in [-0.3, -0.25) is 4.79 Å². The summed E-state index contributed by atoms with van der Waals surface area (Å²) in [7, 11) is 0. The van der Waals surface area contributed by atoms with Crippen molar-refractivity contribution in [3.63, 3.8) is 0 Å². The van der Waals surface area contributed by atoms with Crippen LogP contribution in [-0.2, 0) is 11.3 Å². The third kappa shape index (κ3) is 3.19. The summed E-state index contributed by atoms with van der Waals surface area (Å²) in [5, 5.41) is 2.29. The topological polar surface area (TPSA) is 34.5 Å². The molecular formula is C22H24N2O2. The van der Waals surface area contributed by atoms with Crippen LogP contribution in [0.4, 0.5) is 0 Å². The second-order valence-electron chi connectivity index (χ2n) is 6.82. The van der Waals surface area contributed by atoms with E-state index in [9.17, 15) is 4.79 Å². The molecule has 134 valence electrons. The number of rotatable bonds is 5. The molecule has 26 heavy (non-hydrogen) atoms. The van der Waals surface area contributed by atoms with E-state index in [0.29, 0.717) is 13.0 Å². The van der Waals surface area contributed by atoms with E-state index in [1.807, 2.05) is 29.2 Å². The Labute approximate surface area is 154 Å². The maximum absolute atomic E-state index is 12.6. The van der Waals surface area contributed by atoms with Gasteiger partial charge < -0.3 is 14.2 Å². The zero-order chi connectivity index (χ0) is 17.9. The third-order valence-electron chi connectivity index (χ3n) is 5.20. The number of aromatic nitrogens is 1. The largest absolute Gasteiger partial charge is 0.493 e. The molecular weight excluding hydrogens is 324 g/mol. The number of nitrogens with zero attached hydrogens (tertiary/aromatic N) is 2. The number of amides is 1. The van der Waals surface area contributed by atoms with Gasteiger partial charge in [-0.05, 0) is 36.9 Å². The number of hydrogen-bond acceptors (Lipinski definition) is 2. The highest BCUT2D eigenvalue weighted by Gasteiger charge is 2.26. The maximum Gasteiger partial charge on any atom is 0.223 e. The summed E-state index contributed by atoms with van der Waals surface area (Å²) in [6.07, 6.45) is 3.34. The Morgan fingerprint density at radius 2 is 1.92 bits per heavy atom. The van der Waals surface area contributed by atoms with Crippen molar-refractivity contribution in [2.24, 2.45) is 0 Å². The van der Waals surface area contributed by atoms with Gasteiger partial charge in [0, 0.05) is 36.8 Å². The first-order chi connectivity index (χ1) is 12.7. The number of carbonyl (C=O) groups is 1. The Hall–Kier alpha value is -2.75. The molecule has 0 radical (unpaired) electrons. The van der Waals surface area contributed by atoms with Gasteiger partial charge in [-0.15, -0.1) is 0 Å². The zero-order valence-corrected chi connectivity index (χ0v) is 15.1. The lowest BCUT2D eigenvalue weighted by Gasteiger charge is -2.35. The Kier molecular flexibility index (Phi) is 4.65. The lowest BCUT2D eigenvalue weighted by Crippen LogP contribution is -2.40. The van der Waals surface area contributed by atoms with Crippen molar-refractivity contribution < 1.29 is 9.53 Å². The lowest BCUT2D eigenvalue weighted by molar-refractivity contribution is -0.134.